The van der Waals surface area contributed by atoms with E-state index in [-0.39, 0.29) is 11.7 Å². The molecule has 0 saturated heterocycles. The molecule has 1 amide bonds. The van der Waals surface area contributed by atoms with Gasteiger partial charge in [-0.3, -0.25) is 4.79 Å². The van der Waals surface area contributed by atoms with Crippen LogP contribution in [-0.4, -0.2) is 16.6 Å². The van der Waals surface area contributed by atoms with Crippen molar-refractivity contribution in [2.75, 3.05) is 11.1 Å². The normalized spacial score (nSPS) is 11.5. The molecule has 1 N–H and O–H groups in total. The molecule has 2 heterocycles. The second kappa shape index (κ2) is 7.20. The lowest BCUT2D eigenvalue weighted by atomic mass is 10.2. The van der Waals surface area contributed by atoms with Gasteiger partial charge in [0.1, 0.15) is 5.58 Å². The zero-order valence-corrected chi connectivity index (χ0v) is 13.9. The molecular weight excluding hydrogens is 369 g/mol. The number of rotatable bonds is 4. The standard InChI is InChI=1S/C17H11F3N2O3S/c18-17(19,20)11-2-5-15(21-8-11)26-9-14(23)22-12-3-4-13-10(7-12)1-6-16(24)25-13/h1-8H,9H2,(H,22,23). The Bertz CT molecular complexity index is 1000. The second-order valence-corrected chi connectivity index (χ2v) is 6.22. The Morgan fingerprint density at radius 2 is 1.96 bits per heavy atom. The molecule has 0 spiro atoms. The maximum Gasteiger partial charge on any atom is 0.417 e. The lowest BCUT2D eigenvalue weighted by Gasteiger charge is -2.07. The summed E-state index contributed by atoms with van der Waals surface area (Å²) >= 11 is 1.02. The second-order valence-electron chi connectivity index (χ2n) is 5.23. The molecule has 26 heavy (non-hydrogen) atoms. The highest BCUT2D eigenvalue weighted by atomic mass is 32.2. The summed E-state index contributed by atoms with van der Waals surface area (Å²) in [4.78, 5) is 26.8. The Labute approximate surface area is 149 Å². The van der Waals surface area contributed by atoms with E-state index in [2.05, 4.69) is 10.3 Å². The molecule has 5 nitrogen and oxygen atoms in total. The molecule has 0 unspecified atom stereocenters. The van der Waals surface area contributed by atoms with E-state index in [4.69, 9.17) is 4.42 Å². The summed E-state index contributed by atoms with van der Waals surface area (Å²) in [7, 11) is 0. The molecule has 3 rings (SSSR count). The minimum Gasteiger partial charge on any atom is -0.423 e. The number of carbonyl (C=O) groups is 1. The summed E-state index contributed by atoms with van der Waals surface area (Å²) in [6, 6.07) is 9.80. The average molecular weight is 380 g/mol. The van der Waals surface area contributed by atoms with E-state index in [1.807, 2.05) is 0 Å². The van der Waals surface area contributed by atoms with Crippen molar-refractivity contribution in [3.63, 3.8) is 0 Å². The number of pyridine rings is 1. The average Bonchev–Trinajstić information content (AvgIpc) is 2.60. The molecule has 0 saturated carbocycles. The number of thioether (sulfide) groups is 1. The fourth-order valence-corrected chi connectivity index (χ4v) is 2.76. The SMILES string of the molecule is O=C(CSc1ccc(C(F)(F)F)cn1)Nc1ccc2oc(=O)ccc2c1. The van der Waals surface area contributed by atoms with E-state index in [1.165, 1.54) is 12.1 Å². The lowest BCUT2D eigenvalue weighted by Crippen LogP contribution is -2.14. The number of hydrogen-bond donors (Lipinski definition) is 1. The van der Waals surface area contributed by atoms with Gasteiger partial charge >= 0.3 is 11.8 Å². The van der Waals surface area contributed by atoms with Gasteiger partial charge in [0.15, 0.2) is 0 Å². The van der Waals surface area contributed by atoms with Crippen LogP contribution in [-0.2, 0) is 11.0 Å². The van der Waals surface area contributed by atoms with E-state index in [0.717, 1.165) is 24.0 Å². The highest BCUT2D eigenvalue weighted by molar-refractivity contribution is 7.99. The number of hydrogen-bond acceptors (Lipinski definition) is 5. The first-order valence-electron chi connectivity index (χ1n) is 7.31. The molecule has 134 valence electrons. The van der Waals surface area contributed by atoms with Gasteiger partial charge in [-0.15, -0.1) is 0 Å². The fraction of sp³-hybridized carbons (Fsp3) is 0.118. The molecule has 9 heteroatoms. The van der Waals surface area contributed by atoms with Crippen LogP contribution in [0.4, 0.5) is 18.9 Å². The van der Waals surface area contributed by atoms with Crippen LogP contribution in [0.1, 0.15) is 5.56 Å². The van der Waals surface area contributed by atoms with Gasteiger partial charge in [0, 0.05) is 23.3 Å². The van der Waals surface area contributed by atoms with E-state index in [1.54, 1.807) is 24.3 Å². The number of anilines is 1. The molecule has 0 aliphatic carbocycles. The summed E-state index contributed by atoms with van der Waals surface area (Å²) < 4.78 is 42.4. The number of benzene rings is 1. The number of nitrogens with zero attached hydrogens (tertiary/aromatic N) is 1. The molecule has 0 bridgehead atoms. The van der Waals surface area contributed by atoms with Crippen molar-refractivity contribution in [3.05, 3.63) is 64.6 Å². The van der Waals surface area contributed by atoms with Crippen LogP contribution >= 0.6 is 11.8 Å². The number of nitrogens with one attached hydrogen (secondary N) is 1. The van der Waals surface area contributed by atoms with E-state index >= 15 is 0 Å². The molecule has 0 aliphatic heterocycles. The van der Waals surface area contributed by atoms with Crippen molar-refractivity contribution in [3.8, 4) is 0 Å². The highest BCUT2D eigenvalue weighted by Gasteiger charge is 2.30. The quantitative estimate of drug-likeness (QED) is 0.548. The molecule has 3 aromatic rings. The molecule has 0 aliphatic rings. The van der Waals surface area contributed by atoms with Gasteiger partial charge in [0.25, 0.3) is 0 Å². The predicted octanol–water partition coefficient (Wildman–Crippen LogP) is 3.94. The minimum atomic E-state index is -4.44. The third kappa shape index (κ3) is 4.42. The summed E-state index contributed by atoms with van der Waals surface area (Å²) in [5.74, 6) is -0.353. The largest absolute Gasteiger partial charge is 0.423 e. The smallest absolute Gasteiger partial charge is 0.417 e. The zero-order valence-electron chi connectivity index (χ0n) is 13.0. The van der Waals surface area contributed by atoms with Gasteiger partial charge in [0.05, 0.1) is 16.3 Å². The topological polar surface area (TPSA) is 72.2 Å². The number of carbonyl (C=O) groups excluding carboxylic acids is 1. The van der Waals surface area contributed by atoms with Crippen molar-refractivity contribution in [2.24, 2.45) is 0 Å². The Balaban J connectivity index is 1.60. The van der Waals surface area contributed by atoms with Crippen molar-refractivity contribution in [2.45, 2.75) is 11.2 Å². The third-order valence-electron chi connectivity index (χ3n) is 3.32. The Morgan fingerprint density at radius 3 is 2.65 bits per heavy atom. The molecule has 1 aromatic carbocycles. The Morgan fingerprint density at radius 1 is 1.15 bits per heavy atom. The van der Waals surface area contributed by atoms with Gasteiger partial charge in [-0.25, -0.2) is 9.78 Å². The molecule has 0 atom stereocenters. The van der Waals surface area contributed by atoms with Crippen molar-refractivity contribution in [1.82, 2.24) is 4.98 Å². The lowest BCUT2D eigenvalue weighted by molar-refractivity contribution is -0.137. The maximum atomic E-state index is 12.5. The Hall–Kier alpha value is -2.81. The van der Waals surface area contributed by atoms with Crippen LogP contribution in [0.2, 0.25) is 0 Å². The number of amides is 1. The highest BCUT2D eigenvalue weighted by Crippen LogP contribution is 2.29. The first kappa shape index (κ1) is 18.0. The number of aromatic nitrogens is 1. The number of fused-ring (bicyclic) bond motifs is 1. The summed E-state index contributed by atoms with van der Waals surface area (Å²) in [6.45, 7) is 0. The fourth-order valence-electron chi connectivity index (χ4n) is 2.12. The van der Waals surface area contributed by atoms with Gasteiger partial charge in [-0.05, 0) is 36.4 Å². The van der Waals surface area contributed by atoms with Gasteiger partial charge < -0.3 is 9.73 Å². The van der Waals surface area contributed by atoms with Crippen LogP contribution in [0, 0.1) is 0 Å². The first-order chi connectivity index (χ1) is 12.3. The molecular formula is C17H11F3N2O3S. The third-order valence-corrected chi connectivity index (χ3v) is 4.26. The minimum absolute atomic E-state index is 0.0136. The Kier molecular flexibility index (Phi) is 4.99. The summed E-state index contributed by atoms with van der Waals surface area (Å²) in [5, 5.41) is 3.63. The monoisotopic (exact) mass is 380 g/mol. The van der Waals surface area contributed by atoms with Crippen molar-refractivity contribution >= 4 is 34.3 Å². The summed E-state index contributed by atoms with van der Waals surface area (Å²) in [5.41, 5.74) is -0.389. The van der Waals surface area contributed by atoms with Crippen LogP contribution in [0.5, 0.6) is 0 Å². The van der Waals surface area contributed by atoms with E-state index in [9.17, 15) is 22.8 Å². The van der Waals surface area contributed by atoms with Crippen molar-refractivity contribution in [1.29, 1.82) is 0 Å². The maximum absolute atomic E-state index is 12.5. The van der Waals surface area contributed by atoms with E-state index in [0.29, 0.717) is 21.7 Å². The number of alkyl halides is 3. The summed E-state index contributed by atoms with van der Waals surface area (Å²) in [6.07, 6.45) is -3.71. The van der Waals surface area contributed by atoms with Gasteiger partial charge in [0.2, 0.25) is 5.91 Å². The number of halogens is 3. The van der Waals surface area contributed by atoms with Crippen LogP contribution in [0.3, 0.4) is 0 Å². The van der Waals surface area contributed by atoms with Gasteiger partial charge in [-0.1, -0.05) is 11.8 Å². The van der Waals surface area contributed by atoms with Crippen LogP contribution < -0.4 is 10.9 Å². The first-order valence-corrected chi connectivity index (χ1v) is 8.30. The van der Waals surface area contributed by atoms with E-state index < -0.39 is 17.4 Å². The molecule has 2 aromatic heterocycles. The van der Waals surface area contributed by atoms with Crippen LogP contribution in [0.15, 0.2) is 62.9 Å². The van der Waals surface area contributed by atoms with Crippen molar-refractivity contribution < 1.29 is 22.4 Å². The molecule has 0 fully saturated rings. The van der Waals surface area contributed by atoms with Crippen LogP contribution in [0.25, 0.3) is 11.0 Å². The molecule has 0 radical (unpaired) electrons. The predicted molar refractivity (Wildman–Crippen MR) is 91.1 cm³/mol. The zero-order chi connectivity index (χ0) is 18.7. The van der Waals surface area contributed by atoms with Gasteiger partial charge in [-0.2, -0.15) is 13.2 Å².